The Kier molecular flexibility index (Phi) is 3.93. The standard InChI is InChI=1S/C15H18F2N4O2/c1-19-13(20-5-2-3-6-20)12(8-18-19)14(23)21-7-4-15(16,17)11(9-21)10-22/h2-3,5-6,8,11,22H,4,7,9-10H2,1H3. The van der Waals surface area contributed by atoms with Gasteiger partial charge >= 0.3 is 0 Å². The van der Waals surface area contributed by atoms with E-state index in [0.29, 0.717) is 11.4 Å². The van der Waals surface area contributed by atoms with Crippen LogP contribution in [0.5, 0.6) is 0 Å². The molecule has 1 saturated heterocycles. The minimum Gasteiger partial charge on any atom is -0.396 e. The number of aliphatic hydroxyl groups excluding tert-OH is 1. The molecule has 0 saturated carbocycles. The van der Waals surface area contributed by atoms with E-state index in [1.807, 2.05) is 12.1 Å². The second-order valence-electron chi connectivity index (χ2n) is 5.74. The van der Waals surface area contributed by atoms with Crippen LogP contribution in [0.25, 0.3) is 5.82 Å². The second-order valence-corrected chi connectivity index (χ2v) is 5.74. The van der Waals surface area contributed by atoms with Crippen molar-refractivity contribution in [3.63, 3.8) is 0 Å². The van der Waals surface area contributed by atoms with Crippen molar-refractivity contribution in [2.75, 3.05) is 19.7 Å². The fourth-order valence-corrected chi connectivity index (χ4v) is 2.89. The van der Waals surface area contributed by atoms with Crippen LogP contribution in [0.4, 0.5) is 8.78 Å². The molecular formula is C15H18F2N4O2. The number of alkyl halides is 2. The lowest BCUT2D eigenvalue weighted by Crippen LogP contribution is -2.50. The smallest absolute Gasteiger partial charge is 0.259 e. The van der Waals surface area contributed by atoms with Gasteiger partial charge in [0.25, 0.3) is 11.8 Å². The Bertz CT molecular complexity index is 696. The number of amides is 1. The number of aryl methyl sites for hydroxylation is 1. The lowest BCUT2D eigenvalue weighted by molar-refractivity contribution is -0.113. The van der Waals surface area contributed by atoms with E-state index in [1.54, 1.807) is 28.7 Å². The van der Waals surface area contributed by atoms with Crippen LogP contribution in [0, 0.1) is 5.92 Å². The number of piperidine rings is 1. The molecule has 1 aliphatic rings. The highest BCUT2D eigenvalue weighted by atomic mass is 19.3. The first-order valence-corrected chi connectivity index (χ1v) is 7.37. The van der Waals surface area contributed by atoms with Crippen LogP contribution in [0.1, 0.15) is 16.8 Å². The summed E-state index contributed by atoms with van der Waals surface area (Å²) in [6.45, 7) is -0.848. The van der Waals surface area contributed by atoms with E-state index < -0.39 is 24.9 Å². The van der Waals surface area contributed by atoms with Crippen LogP contribution >= 0.6 is 0 Å². The van der Waals surface area contributed by atoms with Gasteiger partial charge in [0.05, 0.1) is 18.7 Å². The zero-order valence-electron chi connectivity index (χ0n) is 12.7. The number of likely N-dealkylation sites (tertiary alicyclic amines) is 1. The molecule has 2 aromatic heterocycles. The molecule has 1 atom stereocenters. The largest absolute Gasteiger partial charge is 0.396 e. The summed E-state index contributed by atoms with van der Waals surface area (Å²) < 4.78 is 30.7. The maximum Gasteiger partial charge on any atom is 0.259 e. The third-order valence-corrected chi connectivity index (χ3v) is 4.25. The van der Waals surface area contributed by atoms with E-state index in [1.165, 1.54) is 11.1 Å². The lowest BCUT2D eigenvalue weighted by Gasteiger charge is -2.37. The highest BCUT2D eigenvalue weighted by molar-refractivity contribution is 5.97. The minimum atomic E-state index is -2.94. The minimum absolute atomic E-state index is 0.0393. The van der Waals surface area contributed by atoms with Crippen molar-refractivity contribution in [3.05, 3.63) is 36.3 Å². The summed E-state index contributed by atoms with van der Waals surface area (Å²) in [4.78, 5) is 14.1. The van der Waals surface area contributed by atoms with Crippen molar-refractivity contribution in [1.82, 2.24) is 19.2 Å². The molecule has 124 valence electrons. The van der Waals surface area contributed by atoms with Gasteiger partial charge in [0.1, 0.15) is 11.4 Å². The first-order valence-electron chi connectivity index (χ1n) is 7.37. The van der Waals surface area contributed by atoms with Gasteiger partial charge in [0, 0.05) is 39.0 Å². The van der Waals surface area contributed by atoms with Gasteiger partial charge in [-0.05, 0) is 12.1 Å². The van der Waals surface area contributed by atoms with Gasteiger partial charge in [0.2, 0.25) is 0 Å². The molecule has 1 fully saturated rings. The number of halogens is 2. The van der Waals surface area contributed by atoms with Crippen molar-refractivity contribution in [2.45, 2.75) is 12.3 Å². The number of hydrogen-bond acceptors (Lipinski definition) is 3. The number of aliphatic hydroxyl groups is 1. The zero-order valence-corrected chi connectivity index (χ0v) is 12.7. The summed E-state index contributed by atoms with van der Waals surface area (Å²) in [6, 6.07) is 3.65. The van der Waals surface area contributed by atoms with Crippen molar-refractivity contribution in [2.24, 2.45) is 13.0 Å². The Balaban J connectivity index is 1.88. The first-order chi connectivity index (χ1) is 10.9. The maximum absolute atomic E-state index is 13.7. The van der Waals surface area contributed by atoms with E-state index in [9.17, 15) is 13.6 Å². The van der Waals surface area contributed by atoms with E-state index in [4.69, 9.17) is 5.11 Å². The van der Waals surface area contributed by atoms with Gasteiger partial charge in [-0.3, -0.25) is 9.48 Å². The number of carbonyl (C=O) groups is 1. The van der Waals surface area contributed by atoms with Gasteiger partial charge in [0.15, 0.2) is 0 Å². The topological polar surface area (TPSA) is 63.3 Å². The van der Waals surface area contributed by atoms with Gasteiger partial charge in [-0.1, -0.05) is 0 Å². The Morgan fingerprint density at radius 3 is 2.78 bits per heavy atom. The molecule has 1 unspecified atom stereocenters. The molecule has 1 amide bonds. The van der Waals surface area contributed by atoms with Crippen LogP contribution in [-0.4, -0.2) is 55.9 Å². The summed E-state index contributed by atoms with van der Waals surface area (Å²) >= 11 is 0. The van der Waals surface area contributed by atoms with Gasteiger partial charge in [-0.15, -0.1) is 0 Å². The number of nitrogens with zero attached hydrogens (tertiary/aromatic N) is 4. The Hall–Kier alpha value is -2.22. The summed E-state index contributed by atoms with van der Waals surface area (Å²) in [5.41, 5.74) is 0.352. The van der Waals surface area contributed by atoms with Gasteiger partial charge in [-0.2, -0.15) is 5.10 Å². The van der Waals surface area contributed by atoms with Crippen molar-refractivity contribution in [3.8, 4) is 5.82 Å². The van der Waals surface area contributed by atoms with Crippen LogP contribution in [0.15, 0.2) is 30.7 Å². The van der Waals surface area contributed by atoms with Crippen LogP contribution < -0.4 is 0 Å². The predicted molar refractivity (Wildman–Crippen MR) is 78.6 cm³/mol. The molecule has 2 aromatic rings. The summed E-state index contributed by atoms with van der Waals surface area (Å²) in [7, 11) is 1.72. The summed E-state index contributed by atoms with van der Waals surface area (Å²) in [5, 5.41) is 13.3. The number of aromatic nitrogens is 3. The average Bonchev–Trinajstić information content (AvgIpc) is 3.15. The Morgan fingerprint density at radius 1 is 1.43 bits per heavy atom. The number of hydrogen-bond donors (Lipinski definition) is 1. The van der Waals surface area contributed by atoms with Crippen molar-refractivity contribution in [1.29, 1.82) is 0 Å². The highest BCUT2D eigenvalue weighted by Gasteiger charge is 2.45. The molecular weight excluding hydrogens is 306 g/mol. The van der Waals surface area contributed by atoms with Gasteiger partial charge in [-0.25, -0.2) is 8.78 Å². The normalized spacial score (nSPS) is 20.7. The van der Waals surface area contributed by atoms with Gasteiger partial charge < -0.3 is 14.6 Å². The molecule has 0 spiro atoms. The Labute approximate surface area is 131 Å². The molecule has 0 aromatic carbocycles. The fraction of sp³-hybridized carbons (Fsp3) is 0.467. The van der Waals surface area contributed by atoms with Crippen LogP contribution in [-0.2, 0) is 7.05 Å². The predicted octanol–water partition coefficient (Wildman–Crippen LogP) is 1.30. The molecule has 0 bridgehead atoms. The molecule has 8 heteroatoms. The first kappa shape index (κ1) is 15.7. The molecule has 3 heterocycles. The fourth-order valence-electron chi connectivity index (χ4n) is 2.89. The molecule has 1 N–H and O–H groups in total. The van der Waals surface area contributed by atoms with Crippen molar-refractivity contribution < 1.29 is 18.7 Å². The third kappa shape index (κ3) is 2.74. The quantitative estimate of drug-likeness (QED) is 0.926. The van der Waals surface area contributed by atoms with Crippen LogP contribution in [0.2, 0.25) is 0 Å². The monoisotopic (exact) mass is 324 g/mol. The summed E-state index contributed by atoms with van der Waals surface area (Å²) in [6.07, 6.45) is 4.57. The van der Waals surface area contributed by atoms with E-state index in [-0.39, 0.29) is 19.0 Å². The van der Waals surface area contributed by atoms with E-state index in [0.717, 1.165) is 0 Å². The average molecular weight is 324 g/mol. The van der Waals surface area contributed by atoms with Crippen LogP contribution in [0.3, 0.4) is 0 Å². The third-order valence-electron chi connectivity index (χ3n) is 4.25. The molecule has 1 aliphatic heterocycles. The highest BCUT2D eigenvalue weighted by Crippen LogP contribution is 2.34. The molecule has 3 rings (SSSR count). The number of carbonyl (C=O) groups excluding carboxylic acids is 1. The molecule has 23 heavy (non-hydrogen) atoms. The van der Waals surface area contributed by atoms with E-state index >= 15 is 0 Å². The second kappa shape index (κ2) is 5.77. The maximum atomic E-state index is 13.7. The van der Waals surface area contributed by atoms with E-state index in [2.05, 4.69) is 5.10 Å². The lowest BCUT2D eigenvalue weighted by atomic mass is 9.94. The number of rotatable bonds is 3. The van der Waals surface area contributed by atoms with Crippen molar-refractivity contribution >= 4 is 5.91 Å². The Morgan fingerprint density at radius 2 is 2.13 bits per heavy atom. The molecule has 0 radical (unpaired) electrons. The SMILES string of the molecule is Cn1ncc(C(=O)N2CCC(F)(F)C(CO)C2)c1-n1cccc1. The zero-order chi connectivity index (χ0) is 16.6. The summed E-state index contributed by atoms with van der Waals surface area (Å²) in [5.74, 6) is -3.94. The molecule has 6 nitrogen and oxygen atoms in total. The molecule has 0 aliphatic carbocycles.